The van der Waals surface area contributed by atoms with Crippen LogP contribution in [0.4, 0.5) is 5.82 Å². The minimum absolute atomic E-state index is 0.0254. The van der Waals surface area contributed by atoms with Gasteiger partial charge in [-0.15, -0.1) is 0 Å². The number of nitrogen functional groups attached to an aromatic ring is 1. The van der Waals surface area contributed by atoms with Crippen LogP contribution < -0.4 is 11.3 Å². The molecule has 12 heavy (non-hydrogen) atoms. The van der Waals surface area contributed by atoms with Crippen LogP contribution in [0.2, 0.25) is 0 Å². The number of nitrogens with one attached hydrogen (secondary N) is 1. The molecule has 0 saturated carbocycles. The minimum atomic E-state index is -0.139. The molecule has 0 fully saturated rings. The summed E-state index contributed by atoms with van der Waals surface area (Å²) in [5.74, 6) is 0.424. The van der Waals surface area contributed by atoms with E-state index < -0.39 is 0 Å². The number of hydrogen-bond donors (Lipinski definition) is 2. The number of hydrogen-bond acceptors (Lipinski definition) is 2. The van der Waals surface area contributed by atoms with Gasteiger partial charge in [-0.2, -0.15) is 0 Å². The van der Waals surface area contributed by atoms with Gasteiger partial charge in [0.15, 0.2) is 0 Å². The fraction of sp³-hybridized carbons (Fsp3) is 0.444. The molecule has 0 amide bonds. The largest absolute Gasteiger partial charge is 0.385 e. The van der Waals surface area contributed by atoms with Crippen LogP contribution in [-0.2, 0) is 5.41 Å². The van der Waals surface area contributed by atoms with E-state index in [1.54, 1.807) is 12.1 Å². The van der Waals surface area contributed by atoms with E-state index in [2.05, 4.69) is 4.98 Å². The van der Waals surface area contributed by atoms with E-state index in [0.29, 0.717) is 5.82 Å². The molecule has 0 aromatic carbocycles. The van der Waals surface area contributed by atoms with Gasteiger partial charge in [-0.25, -0.2) is 0 Å². The van der Waals surface area contributed by atoms with Gasteiger partial charge in [0.2, 0.25) is 5.56 Å². The van der Waals surface area contributed by atoms with Crippen molar-refractivity contribution in [2.75, 3.05) is 5.73 Å². The second-order valence-corrected chi connectivity index (χ2v) is 3.94. The van der Waals surface area contributed by atoms with Gasteiger partial charge in [-0.1, -0.05) is 20.8 Å². The number of H-pyrrole nitrogens is 1. The van der Waals surface area contributed by atoms with Crippen LogP contribution >= 0.6 is 0 Å². The van der Waals surface area contributed by atoms with Gasteiger partial charge in [0.1, 0.15) is 5.82 Å². The number of aromatic nitrogens is 1. The summed E-state index contributed by atoms with van der Waals surface area (Å²) in [5, 5.41) is 0. The molecular formula is C9H14N2O. The lowest BCUT2D eigenvalue weighted by molar-refractivity contribution is 0.589. The van der Waals surface area contributed by atoms with Gasteiger partial charge in [0.25, 0.3) is 0 Å². The highest BCUT2D eigenvalue weighted by molar-refractivity contribution is 5.35. The third-order valence-corrected chi connectivity index (χ3v) is 1.73. The number of pyridine rings is 1. The van der Waals surface area contributed by atoms with E-state index >= 15 is 0 Å². The van der Waals surface area contributed by atoms with Crippen LogP contribution in [0.1, 0.15) is 26.3 Å². The van der Waals surface area contributed by atoms with Crippen LogP contribution in [0.15, 0.2) is 16.9 Å². The van der Waals surface area contributed by atoms with Crippen molar-refractivity contribution in [3.8, 4) is 0 Å². The molecule has 0 radical (unpaired) electrons. The Kier molecular flexibility index (Phi) is 1.96. The minimum Gasteiger partial charge on any atom is -0.385 e. The number of nitrogens with two attached hydrogens (primary N) is 1. The Hall–Kier alpha value is -1.25. The first-order valence-corrected chi connectivity index (χ1v) is 3.90. The zero-order valence-electron chi connectivity index (χ0n) is 7.64. The molecule has 0 aliphatic carbocycles. The lowest BCUT2D eigenvalue weighted by Crippen LogP contribution is -2.17. The standard InChI is InChI=1S/C9H14N2O/c1-9(2,3)6-4-7(10)11-8(12)5-6/h4-5H,1-3H3,(H3,10,11,12). The Morgan fingerprint density at radius 3 is 2.33 bits per heavy atom. The zero-order chi connectivity index (χ0) is 9.35. The van der Waals surface area contributed by atoms with E-state index in [-0.39, 0.29) is 11.0 Å². The van der Waals surface area contributed by atoms with Crippen LogP contribution in [-0.4, -0.2) is 4.98 Å². The molecule has 0 saturated heterocycles. The molecule has 0 atom stereocenters. The maximum Gasteiger partial charge on any atom is 0.249 e. The lowest BCUT2D eigenvalue weighted by Gasteiger charge is -2.18. The lowest BCUT2D eigenvalue weighted by atomic mass is 9.88. The maximum absolute atomic E-state index is 11.0. The second kappa shape index (κ2) is 2.66. The Bertz CT molecular complexity index is 333. The monoisotopic (exact) mass is 166 g/mol. The highest BCUT2D eigenvalue weighted by atomic mass is 16.1. The third kappa shape index (κ3) is 1.87. The molecular weight excluding hydrogens is 152 g/mol. The molecule has 1 aromatic heterocycles. The summed E-state index contributed by atoms with van der Waals surface area (Å²) in [5.41, 5.74) is 6.30. The van der Waals surface area contributed by atoms with Crippen molar-refractivity contribution in [2.45, 2.75) is 26.2 Å². The molecule has 1 rings (SSSR count). The molecule has 0 spiro atoms. The topological polar surface area (TPSA) is 58.9 Å². The highest BCUT2D eigenvalue weighted by Gasteiger charge is 2.14. The third-order valence-electron chi connectivity index (χ3n) is 1.73. The fourth-order valence-electron chi connectivity index (χ4n) is 0.998. The summed E-state index contributed by atoms with van der Waals surface area (Å²) in [7, 11) is 0. The van der Waals surface area contributed by atoms with E-state index in [0.717, 1.165) is 5.56 Å². The Morgan fingerprint density at radius 1 is 1.33 bits per heavy atom. The zero-order valence-corrected chi connectivity index (χ0v) is 7.64. The van der Waals surface area contributed by atoms with Crippen molar-refractivity contribution in [2.24, 2.45) is 0 Å². The van der Waals surface area contributed by atoms with Gasteiger partial charge in [0.05, 0.1) is 0 Å². The smallest absolute Gasteiger partial charge is 0.249 e. The molecule has 0 aliphatic rings. The summed E-state index contributed by atoms with van der Waals surface area (Å²) in [4.78, 5) is 13.5. The maximum atomic E-state index is 11.0. The van der Waals surface area contributed by atoms with Crippen LogP contribution in [0.25, 0.3) is 0 Å². The number of anilines is 1. The second-order valence-electron chi connectivity index (χ2n) is 3.94. The molecule has 0 unspecified atom stereocenters. The Balaban J connectivity index is 3.27. The van der Waals surface area contributed by atoms with Crippen molar-refractivity contribution in [1.29, 1.82) is 0 Å². The summed E-state index contributed by atoms with van der Waals surface area (Å²) >= 11 is 0. The quantitative estimate of drug-likeness (QED) is 0.609. The molecule has 3 nitrogen and oxygen atoms in total. The summed E-state index contributed by atoms with van der Waals surface area (Å²) < 4.78 is 0. The number of rotatable bonds is 0. The van der Waals surface area contributed by atoms with Crippen molar-refractivity contribution in [3.05, 3.63) is 28.0 Å². The number of aromatic amines is 1. The molecule has 0 aliphatic heterocycles. The molecule has 66 valence electrons. The van der Waals surface area contributed by atoms with Crippen molar-refractivity contribution >= 4 is 5.82 Å². The van der Waals surface area contributed by atoms with Crippen LogP contribution in [0, 0.1) is 0 Å². The molecule has 1 heterocycles. The molecule has 1 aromatic rings. The SMILES string of the molecule is CC(C)(C)c1cc(N)[nH]c(=O)c1. The van der Waals surface area contributed by atoms with Gasteiger partial charge in [0, 0.05) is 6.07 Å². The van der Waals surface area contributed by atoms with E-state index in [1.165, 1.54) is 0 Å². The average Bonchev–Trinajstić information content (AvgIpc) is 1.82. The predicted molar refractivity (Wildman–Crippen MR) is 50.2 cm³/mol. The van der Waals surface area contributed by atoms with Gasteiger partial charge >= 0.3 is 0 Å². The van der Waals surface area contributed by atoms with Crippen molar-refractivity contribution < 1.29 is 0 Å². The predicted octanol–water partition coefficient (Wildman–Crippen LogP) is 1.25. The van der Waals surface area contributed by atoms with E-state index in [1.807, 2.05) is 20.8 Å². The average molecular weight is 166 g/mol. The first kappa shape index (κ1) is 8.84. The highest BCUT2D eigenvalue weighted by Crippen LogP contribution is 2.20. The van der Waals surface area contributed by atoms with Gasteiger partial charge in [-0.05, 0) is 17.0 Å². The normalized spacial score (nSPS) is 11.6. The summed E-state index contributed by atoms with van der Waals surface area (Å²) in [6.07, 6.45) is 0. The van der Waals surface area contributed by atoms with Crippen molar-refractivity contribution in [1.82, 2.24) is 4.98 Å². The molecule has 3 heteroatoms. The summed E-state index contributed by atoms with van der Waals surface area (Å²) in [6.45, 7) is 6.13. The Morgan fingerprint density at radius 2 is 1.92 bits per heavy atom. The Labute approximate surface area is 71.6 Å². The van der Waals surface area contributed by atoms with E-state index in [4.69, 9.17) is 5.73 Å². The van der Waals surface area contributed by atoms with Gasteiger partial charge in [-0.3, -0.25) is 4.79 Å². The molecule has 0 bridgehead atoms. The van der Waals surface area contributed by atoms with Crippen LogP contribution in [0.3, 0.4) is 0 Å². The van der Waals surface area contributed by atoms with Crippen LogP contribution in [0.5, 0.6) is 0 Å². The van der Waals surface area contributed by atoms with Crippen molar-refractivity contribution in [3.63, 3.8) is 0 Å². The fourth-order valence-corrected chi connectivity index (χ4v) is 0.998. The van der Waals surface area contributed by atoms with E-state index in [9.17, 15) is 4.79 Å². The first-order chi connectivity index (χ1) is 5.39. The summed E-state index contributed by atoms with van der Waals surface area (Å²) in [6, 6.07) is 3.37. The molecule has 3 N–H and O–H groups in total. The first-order valence-electron chi connectivity index (χ1n) is 3.90. The van der Waals surface area contributed by atoms with Gasteiger partial charge < -0.3 is 10.7 Å².